The summed E-state index contributed by atoms with van der Waals surface area (Å²) in [6, 6.07) is 22.3. The van der Waals surface area contributed by atoms with Crippen LogP contribution in [0.5, 0.6) is 23.0 Å². The summed E-state index contributed by atoms with van der Waals surface area (Å²) in [5.74, 6) is 1.95. The molecule has 4 N–H and O–H groups in total. The molecule has 0 spiro atoms. The molecule has 3 atom stereocenters. The number of ether oxygens (including phenoxy) is 3. The number of aliphatic hydroxyl groups is 1. The molecule has 0 amide bonds. The zero-order chi connectivity index (χ0) is 24.0. The molecule has 3 rings (SSSR count). The standard InChI is InChI=1S/C27H33NO5/c1-18(27(28,19(2)29)33-25-15-9-22(30)10-16-25)17-26(20-5-11-23(31-3)12-6-20)21-7-13-24(32-4)14-8-21/h5-16,18-19,26,29-30H,17,28H2,1-4H3/t18-,19?,27?/m1/s1. The molecule has 0 bridgehead atoms. The summed E-state index contributed by atoms with van der Waals surface area (Å²) in [6.45, 7) is 3.61. The predicted molar refractivity (Wildman–Crippen MR) is 129 cm³/mol. The fourth-order valence-electron chi connectivity index (χ4n) is 3.99. The van der Waals surface area contributed by atoms with E-state index in [2.05, 4.69) is 0 Å². The van der Waals surface area contributed by atoms with Gasteiger partial charge in [-0.25, -0.2) is 0 Å². The topological polar surface area (TPSA) is 94.2 Å². The van der Waals surface area contributed by atoms with Crippen LogP contribution in [0.4, 0.5) is 0 Å². The zero-order valence-electron chi connectivity index (χ0n) is 19.6. The fraction of sp³-hybridized carbons (Fsp3) is 0.333. The Kier molecular flexibility index (Phi) is 7.84. The van der Waals surface area contributed by atoms with Gasteiger partial charge in [0, 0.05) is 11.8 Å². The summed E-state index contributed by atoms with van der Waals surface area (Å²) in [6.07, 6.45) is -0.313. The first kappa shape index (κ1) is 24.4. The number of hydrogen-bond donors (Lipinski definition) is 3. The Bertz CT molecular complexity index is 955. The van der Waals surface area contributed by atoms with Gasteiger partial charge in [-0.1, -0.05) is 31.2 Å². The normalized spacial score (nSPS) is 14.9. The van der Waals surface area contributed by atoms with Crippen molar-refractivity contribution in [3.8, 4) is 23.0 Å². The first-order chi connectivity index (χ1) is 15.8. The van der Waals surface area contributed by atoms with Crippen LogP contribution < -0.4 is 19.9 Å². The van der Waals surface area contributed by atoms with Crippen molar-refractivity contribution in [1.29, 1.82) is 0 Å². The second kappa shape index (κ2) is 10.6. The van der Waals surface area contributed by atoms with E-state index < -0.39 is 11.8 Å². The van der Waals surface area contributed by atoms with Gasteiger partial charge < -0.3 is 24.4 Å². The van der Waals surface area contributed by atoms with E-state index in [0.29, 0.717) is 12.2 Å². The number of methoxy groups -OCH3 is 2. The van der Waals surface area contributed by atoms with Gasteiger partial charge in [0.2, 0.25) is 0 Å². The molecular weight excluding hydrogens is 418 g/mol. The molecule has 0 heterocycles. The largest absolute Gasteiger partial charge is 0.508 e. The van der Waals surface area contributed by atoms with Crippen LogP contribution in [-0.4, -0.2) is 36.3 Å². The van der Waals surface area contributed by atoms with Crippen LogP contribution >= 0.6 is 0 Å². The van der Waals surface area contributed by atoms with Crippen LogP contribution in [0, 0.1) is 5.92 Å². The number of nitrogens with two attached hydrogens (primary N) is 1. The molecule has 33 heavy (non-hydrogen) atoms. The molecule has 0 aliphatic heterocycles. The third-order valence-electron chi connectivity index (χ3n) is 6.18. The molecule has 6 nitrogen and oxygen atoms in total. The van der Waals surface area contributed by atoms with E-state index in [4.69, 9.17) is 19.9 Å². The monoisotopic (exact) mass is 451 g/mol. The zero-order valence-corrected chi connectivity index (χ0v) is 19.6. The SMILES string of the molecule is COc1ccc(C(C[C@@H](C)C(N)(Oc2ccc(O)cc2)C(C)O)c2ccc(OC)cc2)cc1. The van der Waals surface area contributed by atoms with Crippen LogP contribution in [0.25, 0.3) is 0 Å². The lowest BCUT2D eigenvalue weighted by atomic mass is 9.79. The van der Waals surface area contributed by atoms with Gasteiger partial charge in [-0.05, 0) is 73.0 Å². The minimum absolute atomic E-state index is 0.00176. The maximum Gasteiger partial charge on any atom is 0.186 e. The number of aliphatic hydroxyl groups excluding tert-OH is 1. The lowest BCUT2D eigenvalue weighted by molar-refractivity contribution is -0.0801. The van der Waals surface area contributed by atoms with Crippen molar-refractivity contribution in [1.82, 2.24) is 0 Å². The average Bonchev–Trinajstić information content (AvgIpc) is 2.83. The van der Waals surface area contributed by atoms with Crippen molar-refractivity contribution in [2.75, 3.05) is 14.2 Å². The highest BCUT2D eigenvalue weighted by molar-refractivity contribution is 5.38. The highest BCUT2D eigenvalue weighted by atomic mass is 16.5. The van der Waals surface area contributed by atoms with Gasteiger partial charge in [0.25, 0.3) is 0 Å². The van der Waals surface area contributed by atoms with Crippen molar-refractivity contribution in [3.05, 3.63) is 83.9 Å². The van der Waals surface area contributed by atoms with Gasteiger partial charge >= 0.3 is 0 Å². The molecule has 176 valence electrons. The lowest BCUT2D eigenvalue weighted by Gasteiger charge is -2.39. The molecular formula is C27H33NO5. The molecule has 0 aliphatic carbocycles. The maximum absolute atomic E-state index is 10.6. The molecule has 0 aliphatic rings. The Balaban J connectivity index is 1.93. The minimum Gasteiger partial charge on any atom is -0.508 e. The Morgan fingerprint density at radius 2 is 1.18 bits per heavy atom. The Labute approximate surface area is 195 Å². The van der Waals surface area contributed by atoms with Crippen LogP contribution in [0.15, 0.2) is 72.8 Å². The third-order valence-corrected chi connectivity index (χ3v) is 6.18. The molecule has 0 fully saturated rings. The third kappa shape index (κ3) is 5.78. The van der Waals surface area contributed by atoms with Crippen LogP contribution in [0.1, 0.15) is 37.3 Å². The van der Waals surface area contributed by atoms with E-state index in [-0.39, 0.29) is 17.6 Å². The number of phenols is 1. The number of rotatable bonds is 10. The van der Waals surface area contributed by atoms with E-state index in [9.17, 15) is 10.2 Å². The maximum atomic E-state index is 10.6. The first-order valence-corrected chi connectivity index (χ1v) is 11.0. The van der Waals surface area contributed by atoms with Crippen molar-refractivity contribution < 1.29 is 24.4 Å². The summed E-state index contributed by atoms with van der Waals surface area (Å²) in [5, 5.41) is 20.2. The fourth-order valence-corrected chi connectivity index (χ4v) is 3.99. The van der Waals surface area contributed by atoms with Crippen LogP contribution in [0.2, 0.25) is 0 Å². The van der Waals surface area contributed by atoms with Crippen molar-refractivity contribution in [2.45, 2.75) is 38.0 Å². The van der Waals surface area contributed by atoms with E-state index >= 15 is 0 Å². The average molecular weight is 452 g/mol. The lowest BCUT2D eigenvalue weighted by Crippen LogP contribution is -2.59. The smallest absolute Gasteiger partial charge is 0.186 e. The van der Waals surface area contributed by atoms with Gasteiger partial charge in [-0.15, -0.1) is 0 Å². The summed E-state index contributed by atoms with van der Waals surface area (Å²) in [7, 11) is 3.29. The summed E-state index contributed by atoms with van der Waals surface area (Å²) in [5.41, 5.74) is 7.54. The van der Waals surface area contributed by atoms with E-state index in [1.54, 1.807) is 33.3 Å². The van der Waals surface area contributed by atoms with E-state index in [0.717, 1.165) is 22.6 Å². The van der Waals surface area contributed by atoms with Gasteiger partial charge in [0.15, 0.2) is 5.72 Å². The van der Waals surface area contributed by atoms with E-state index in [1.165, 1.54) is 12.1 Å². The quantitative estimate of drug-likeness (QED) is 0.388. The Morgan fingerprint density at radius 1 is 0.758 bits per heavy atom. The number of benzene rings is 3. The number of phenolic OH excluding ortho intramolecular Hbond substituents is 1. The van der Waals surface area contributed by atoms with Gasteiger partial charge in [0.1, 0.15) is 29.1 Å². The summed E-state index contributed by atoms with van der Waals surface area (Å²) >= 11 is 0. The van der Waals surface area contributed by atoms with Crippen molar-refractivity contribution in [3.63, 3.8) is 0 Å². The Hall–Kier alpha value is -3.22. The molecule has 6 heteroatoms. The highest BCUT2D eigenvalue weighted by Gasteiger charge is 2.41. The minimum atomic E-state index is -1.34. The number of aromatic hydroxyl groups is 1. The van der Waals surface area contributed by atoms with E-state index in [1.807, 2.05) is 55.5 Å². The summed E-state index contributed by atoms with van der Waals surface area (Å²) < 4.78 is 16.7. The Morgan fingerprint density at radius 3 is 1.58 bits per heavy atom. The molecule has 0 aromatic heterocycles. The van der Waals surface area contributed by atoms with Gasteiger partial charge in [-0.2, -0.15) is 0 Å². The van der Waals surface area contributed by atoms with Crippen molar-refractivity contribution >= 4 is 0 Å². The molecule has 2 unspecified atom stereocenters. The number of hydrogen-bond acceptors (Lipinski definition) is 6. The van der Waals surface area contributed by atoms with Gasteiger partial charge in [-0.3, -0.25) is 5.73 Å². The molecule has 0 saturated carbocycles. The van der Waals surface area contributed by atoms with Crippen LogP contribution in [-0.2, 0) is 0 Å². The predicted octanol–water partition coefficient (Wildman–Crippen LogP) is 4.68. The molecule has 0 radical (unpaired) electrons. The summed E-state index contributed by atoms with van der Waals surface area (Å²) in [4.78, 5) is 0. The first-order valence-electron chi connectivity index (χ1n) is 11.0. The molecule has 0 saturated heterocycles. The van der Waals surface area contributed by atoms with Gasteiger partial charge in [0.05, 0.1) is 14.2 Å². The highest BCUT2D eigenvalue weighted by Crippen LogP contribution is 2.37. The molecule has 3 aromatic rings. The second-order valence-corrected chi connectivity index (χ2v) is 8.36. The molecule has 3 aromatic carbocycles. The van der Waals surface area contributed by atoms with Crippen LogP contribution in [0.3, 0.4) is 0 Å². The second-order valence-electron chi connectivity index (χ2n) is 8.36. The van der Waals surface area contributed by atoms with Crippen molar-refractivity contribution in [2.24, 2.45) is 11.7 Å².